The predicted molar refractivity (Wildman–Crippen MR) is 95.9 cm³/mol. The minimum Gasteiger partial charge on any atom is -0.491 e. The lowest BCUT2D eigenvalue weighted by atomic mass is 9.84. The van der Waals surface area contributed by atoms with Gasteiger partial charge in [-0.1, -0.05) is 39.3 Å². The van der Waals surface area contributed by atoms with Crippen molar-refractivity contribution in [2.24, 2.45) is 5.92 Å². The number of aliphatic hydroxyl groups excluding tert-OH is 1. The average molecular weight is 347 g/mol. The summed E-state index contributed by atoms with van der Waals surface area (Å²) in [5.41, 5.74) is 2.02. The van der Waals surface area contributed by atoms with Crippen LogP contribution in [0.25, 0.3) is 0 Å². The number of aliphatic carboxylic acids is 1. The number of hydrogen-bond acceptors (Lipinski definition) is 4. The fourth-order valence-electron chi connectivity index (χ4n) is 3.87. The lowest BCUT2D eigenvalue weighted by Crippen LogP contribution is -2.49. The first-order valence-corrected chi connectivity index (χ1v) is 9.20. The summed E-state index contributed by atoms with van der Waals surface area (Å²) < 4.78 is 5.92. The minimum absolute atomic E-state index is 0.0341. The van der Waals surface area contributed by atoms with Crippen molar-refractivity contribution >= 4 is 5.97 Å². The van der Waals surface area contributed by atoms with Gasteiger partial charge in [-0.25, -0.2) is 0 Å². The Balaban J connectivity index is 1.69. The summed E-state index contributed by atoms with van der Waals surface area (Å²) in [6.07, 6.45) is 2.58. The van der Waals surface area contributed by atoms with E-state index in [1.807, 2.05) is 12.1 Å². The number of rotatable bonds is 3. The van der Waals surface area contributed by atoms with Crippen molar-refractivity contribution in [1.82, 2.24) is 5.32 Å². The fourth-order valence-corrected chi connectivity index (χ4v) is 3.87. The third-order valence-corrected chi connectivity index (χ3v) is 5.47. The third kappa shape index (κ3) is 3.98. The van der Waals surface area contributed by atoms with E-state index in [1.54, 1.807) is 0 Å². The van der Waals surface area contributed by atoms with Crippen LogP contribution in [0.1, 0.15) is 63.7 Å². The van der Waals surface area contributed by atoms with E-state index in [0.29, 0.717) is 13.0 Å². The second-order valence-electron chi connectivity index (χ2n) is 8.43. The molecule has 3 N–H and O–H groups in total. The fraction of sp³-hybridized carbons (Fsp3) is 0.650. The summed E-state index contributed by atoms with van der Waals surface area (Å²) in [5, 5.41) is 23.4. The second-order valence-corrected chi connectivity index (χ2v) is 8.43. The highest BCUT2D eigenvalue weighted by molar-refractivity contribution is 5.70. The molecule has 138 valence electrons. The van der Waals surface area contributed by atoms with Crippen LogP contribution >= 0.6 is 0 Å². The molecule has 1 heterocycles. The van der Waals surface area contributed by atoms with Gasteiger partial charge in [0.2, 0.25) is 0 Å². The summed E-state index contributed by atoms with van der Waals surface area (Å²) in [6.45, 7) is 6.86. The molecule has 1 saturated carbocycles. The van der Waals surface area contributed by atoms with E-state index < -0.39 is 12.1 Å². The van der Waals surface area contributed by atoms with Gasteiger partial charge < -0.3 is 20.3 Å². The number of nitrogens with one attached hydrogen (secondary N) is 1. The van der Waals surface area contributed by atoms with Gasteiger partial charge >= 0.3 is 5.97 Å². The van der Waals surface area contributed by atoms with Crippen LogP contribution in [0.15, 0.2) is 18.2 Å². The molecule has 1 fully saturated rings. The number of ether oxygens (including phenoxy) is 1. The average Bonchev–Trinajstić information content (AvgIpc) is 2.56. The van der Waals surface area contributed by atoms with Gasteiger partial charge in [0.1, 0.15) is 18.5 Å². The quantitative estimate of drug-likeness (QED) is 0.783. The number of hydrogen-bond donors (Lipinski definition) is 3. The van der Waals surface area contributed by atoms with Crippen molar-refractivity contribution < 1.29 is 19.7 Å². The van der Waals surface area contributed by atoms with E-state index in [1.165, 1.54) is 5.56 Å². The Morgan fingerprint density at radius 1 is 1.28 bits per heavy atom. The first kappa shape index (κ1) is 18.2. The normalized spacial score (nSPS) is 29.6. The van der Waals surface area contributed by atoms with E-state index in [2.05, 4.69) is 32.2 Å². The topological polar surface area (TPSA) is 78.8 Å². The van der Waals surface area contributed by atoms with Gasteiger partial charge in [0.05, 0.1) is 12.0 Å². The van der Waals surface area contributed by atoms with Gasteiger partial charge in [-0.15, -0.1) is 0 Å². The molecule has 25 heavy (non-hydrogen) atoms. The van der Waals surface area contributed by atoms with Gasteiger partial charge in [-0.3, -0.25) is 4.79 Å². The lowest BCUT2D eigenvalue weighted by Gasteiger charge is -2.36. The summed E-state index contributed by atoms with van der Waals surface area (Å²) in [7, 11) is 0. The third-order valence-electron chi connectivity index (χ3n) is 5.47. The van der Waals surface area contributed by atoms with Gasteiger partial charge in [0, 0.05) is 11.6 Å². The molecule has 1 aromatic rings. The molecule has 2 aliphatic rings. The molecule has 0 bridgehead atoms. The largest absolute Gasteiger partial charge is 0.491 e. The van der Waals surface area contributed by atoms with Crippen molar-refractivity contribution in [3.63, 3.8) is 0 Å². The molecule has 1 aromatic carbocycles. The maximum atomic E-state index is 11.2. The molecular weight excluding hydrogens is 318 g/mol. The number of carboxylic acids is 1. The van der Waals surface area contributed by atoms with E-state index in [0.717, 1.165) is 30.6 Å². The van der Waals surface area contributed by atoms with E-state index in [-0.39, 0.29) is 23.4 Å². The van der Waals surface area contributed by atoms with Crippen LogP contribution in [0.3, 0.4) is 0 Å². The highest BCUT2D eigenvalue weighted by atomic mass is 16.5. The maximum absolute atomic E-state index is 11.2. The van der Waals surface area contributed by atoms with Crippen molar-refractivity contribution in [2.45, 2.75) is 70.1 Å². The number of carbonyl (C=O) groups is 1. The van der Waals surface area contributed by atoms with Gasteiger partial charge in [-0.05, 0) is 36.3 Å². The molecule has 1 aliphatic heterocycles. The summed E-state index contributed by atoms with van der Waals surface area (Å²) in [5.74, 6) is -0.244. The molecule has 0 radical (unpaired) electrons. The maximum Gasteiger partial charge on any atom is 0.306 e. The molecule has 4 atom stereocenters. The van der Waals surface area contributed by atoms with E-state index in [9.17, 15) is 15.0 Å². The Labute approximate surface area is 149 Å². The molecular formula is C20H29NO4. The zero-order chi connectivity index (χ0) is 18.2. The van der Waals surface area contributed by atoms with E-state index in [4.69, 9.17) is 4.74 Å². The zero-order valence-corrected chi connectivity index (χ0v) is 15.3. The molecule has 0 saturated heterocycles. The smallest absolute Gasteiger partial charge is 0.306 e. The van der Waals surface area contributed by atoms with Crippen LogP contribution in [-0.4, -0.2) is 34.9 Å². The highest BCUT2D eigenvalue weighted by Crippen LogP contribution is 2.36. The predicted octanol–water partition coefficient (Wildman–Crippen LogP) is 3.01. The first-order chi connectivity index (χ1) is 11.8. The highest BCUT2D eigenvalue weighted by Gasteiger charge is 2.34. The number of benzene rings is 1. The summed E-state index contributed by atoms with van der Waals surface area (Å²) >= 11 is 0. The molecule has 1 aliphatic carbocycles. The molecule has 5 nitrogen and oxygen atoms in total. The minimum atomic E-state index is -0.716. The first-order valence-electron chi connectivity index (χ1n) is 9.20. The molecule has 3 rings (SSSR count). The Morgan fingerprint density at radius 3 is 2.72 bits per heavy atom. The van der Waals surface area contributed by atoms with E-state index >= 15 is 0 Å². The Hall–Kier alpha value is -1.59. The summed E-state index contributed by atoms with van der Waals surface area (Å²) in [6, 6.07) is 5.94. The van der Waals surface area contributed by atoms with Crippen LogP contribution in [0.2, 0.25) is 0 Å². The number of carboxylic acid groups (broad SMARTS) is 1. The SMILES string of the molecule is CC(C)(C)c1ccc2c(c1)OC[C@H](N[C@H]1CCCC(C(=O)O)C1)[C@@H]2O. The standard InChI is InChI=1S/C20H29NO4/c1-20(2,3)13-7-8-15-17(10-13)25-11-16(18(15)22)21-14-6-4-5-12(9-14)19(23)24/h7-8,10,12,14,16,18,21-22H,4-6,9,11H2,1-3H3,(H,23,24)/t12?,14-,16-,18+/m0/s1. The zero-order valence-electron chi connectivity index (χ0n) is 15.3. The molecule has 1 unspecified atom stereocenters. The van der Waals surface area contributed by atoms with Gasteiger partial charge in [0.25, 0.3) is 0 Å². The number of aliphatic hydroxyl groups is 1. The Kier molecular flexibility index (Phi) is 5.07. The van der Waals surface area contributed by atoms with Gasteiger partial charge in [-0.2, -0.15) is 0 Å². The van der Waals surface area contributed by atoms with Crippen LogP contribution in [0.4, 0.5) is 0 Å². The molecule has 0 aromatic heterocycles. The monoisotopic (exact) mass is 347 g/mol. The van der Waals surface area contributed by atoms with Crippen LogP contribution in [-0.2, 0) is 10.2 Å². The molecule has 5 heteroatoms. The van der Waals surface area contributed by atoms with Crippen molar-refractivity contribution in [2.75, 3.05) is 6.61 Å². The molecule has 0 spiro atoms. The van der Waals surface area contributed by atoms with Crippen LogP contribution in [0.5, 0.6) is 5.75 Å². The summed E-state index contributed by atoms with van der Waals surface area (Å²) in [4.78, 5) is 11.2. The number of fused-ring (bicyclic) bond motifs is 1. The van der Waals surface area contributed by atoms with Crippen LogP contribution in [0, 0.1) is 5.92 Å². The van der Waals surface area contributed by atoms with Gasteiger partial charge in [0.15, 0.2) is 0 Å². The Bertz CT molecular complexity index is 637. The van der Waals surface area contributed by atoms with Crippen molar-refractivity contribution in [3.8, 4) is 5.75 Å². The Morgan fingerprint density at radius 2 is 2.04 bits per heavy atom. The van der Waals surface area contributed by atoms with Crippen molar-refractivity contribution in [1.29, 1.82) is 0 Å². The van der Waals surface area contributed by atoms with Crippen LogP contribution < -0.4 is 10.1 Å². The second kappa shape index (κ2) is 6.96. The van der Waals surface area contributed by atoms with Crippen molar-refractivity contribution in [3.05, 3.63) is 29.3 Å². The lowest BCUT2D eigenvalue weighted by molar-refractivity contribution is -0.143. The molecule has 0 amide bonds.